The Morgan fingerprint density at radius 2 is 2.04 bits per heavy atom. The fraction of sp³-hybridized carbons (Fsp3) is 0.294. The first kappa shape index (κ1) is 17.3. The Morgan fingerprint density at radius 3 is 2.75 bits per heavy atom. The number of hydrogen-bond acceptors (Lipinski definition) is 4. The van der Waals surface area contributed by atoms with Crippen LogP contribution in [0.5, 0.6) is 5.75 Å². The summed E-state index contributed by atoms with van der Waals surface area (Å²) in [4.78, 5) is 27.4. The van der Waals surface area contributed by atoms with Gasteiger partial charge in [-0.15, -0.1) is 11.3 Å². The van der Waals surface area contributed by atoms with Gasteiger partial charge >= 0.3 is 5.97 Å². The van der Waals surface area contributed by atoms with Crippen LogP contribution in [0.2, 0.25) is 10.0 Å². The van der Waals surface area contributed by atoms with Crippen molar-refractivity contribution >= 4 is 46.4 Å². The highest BCUT2D eigenvalue weighted by molar-refractivity contribution is 7.12. The maximum atomic E-state index is 12.6. The van der Waals surface area contributed by atoms with Crippen LogP contribution in [0.25, 0.3) is 0 Å². The lowest BCUT2D eigenvalue weighted by molar-refractivity contribution is -0.140. The van der Waals surface area contributed by atoms with E-state index in [1.165, 1.54) is 17.4 Å². The number of esters is 1. The Kier molecular flexibility index (Phi) is 5.43. The third-order valence-corrected chi connectivity index (χ3v) is 5.26. The second-order valence-corrected chi connectivity index (χ2v) is 7.27. The fourth-order valence-corrected chi connectivity index (χ4v) is 3.82. The molecule has 24 heavy (non-hydrogen) atoms. The lowest BCUT2D eigenvalue weighted by Crippen LogP contribution is -2.49. The van der Waals surface area contributed by atoms with Crippen LogP contribution >= 0.6 is 34.5 Å². The molecule has 7 heteroatoms. The van der Waals surface area contributed by atoms with Gasteiger partial charge in [0.1, 0.15) is 11.8 Å². The predicted molar refractivity (Wildman–Crippen MR) is 95.1 cm³/mol. The number of carbonyl (C=O) groups is 2. The van der Waals surface area contributed by atoms with E-state index >= 15 is 0 Å². The lowest BCUT2D eigenvalue weighted by atomic mass is 10.0. The Bertz CT molecular complexity index is 748. The quantitative estimate of drug-likeness (QED) is 0.572. The van der Waals surface area contributed by atoms with Gasteiger partial charge in [0, 0.05) is 11.6 Å². The molecule has 1 saturated heterocycles. The molecule has 4 nitrogen and oxygen atoms in total. The molecule has 0 saturated carbocycles. The minimum absolute atomic E-state index is 0.131. The summed E-state index contributed by atoms with van der Waals surface area (Å²) in [6.07, 6.45) is 2.34. The van der Waals surface area contributed by atoms with Crippen LogP contribution in [0.3, 0.4) is 0 Å². The zero-order valence-corrected chi connectivity index (χ0v) is 15.0. The molecule has 1 atom stereocenters. The molecule has 1 fully saturated rings. The summed E-state index contributed by atoms with van der Waals surface area (Å²) in [5, 5.41) is 2.58. The zero-order chi connectivity index (χ0) is 17.1. The van der Waals surface area contributed by atoms with Gasteiger partial charge in [-0.3, -0.25) is 4.79 Å². The monoisotopic (exact) mass is 383 g/mol. The van der Waals surface area contributed by atoms with Crippen LogP contribution in [0.4, 0.5) is 0 Å². The van der Waals surface area contributed by atoms with Crippen molar-refractivity contribution in [3.05, 3.63) is 50.6 Å². The number of likely N-dealkylation sites (tertiary alicyclic amines) is 1. The van der Waals surface area contributed by atoms with Crippen LogP contribution in [0.1, 0.15) is 28.9 Å². The van der Waals surface area contributed by atoms with Crippen molar-refractivity contribution in [1.29, 1.82) is 0 Å². The molecule has 3 rings (SSSR count). The molecule has 1 aromatic carbocycles. The van der Waals surface area contributed by atoms with Gasteiger partial charge in [-0.2, -0.15) is 0 Å². The second kappa shape index (κ2) is 7.55. The van der Waals surface area contributed by atoms with Crippen molar-refractivity contribution in [3.8, 4) is 5.75 Å². The normalized spacial score (nSPS) is 17.6. The Morgan fingerprint density at radius 1 is 1.21 bits per heavy atom. The maximum absolute atomic E-state index is 12.6. The molecule has 0 N–H and O–H groups in total. The van der Waals surface area contributed by atoms with Crippen molar-refractivity contribution in [2.75, 3.05) is 6.54 Å². The minimum atomic E-state index is -0.597. The largest absolute Gasteiger partial charge is 0.423 e. The first-order valence-corrected chi connectivity index (χ1v) is 9.21. The van der Waals surface area contributed by atoms with Gasteiger partial charge < -0.3 is 9.64 Å². The third-order valence-electron chi connectivity index (χ3n) is 3.87. The first-order chi connectivity index (χ1) is 11.6. The van der Waals surface area contributed by atoms with E-state index in [-0.39, 0.29) is 16.7 Å². The second-order valence-electron chi connectivity index (χ2n) is 5.48. The van der Waals surface area contributed by atoms with Gasteiger partial charge in [-0.05, 0) is 48.9 Å². The molecule has 0 aliphatic carbocycles. The minimum Gasteiger partial charge on any atom is -0.423 e. The summed E-state index contributed by atoms with van der Waals surface area (Å²) in [7, 11) is 0. The molecule has 1 aromatic heterocycles. The average molecular weight is 384 g/mol. The molecule has 2 aromatic rings. The lowest BCUT2D eigenvalue weighted by Gasteiger charge is -2.33. The van der Waals surface area contributed by atoms with E-state index < -0.39 is 12.0 Å². The van der Waals surface area contributed by atoms with E-state index in [9.17, 15) is 9.59 Å². The van der Waals surface area contributed by atoms with Crippen LogP contribution in [0, 0.1) is 0 Å². The number of nitrogens with zero attached hydrogens (tertiary/aromatic N) is 1. The Hall–Kier alpha value is -1.56. The number of hydrogen-bond donors (Lipinski definition) is 0. The van der Waals surface area contributed by atoms with Crippen LogP contribution in [0.15, 0.2) is 35.7 Å². The van der Waals surface area contributed by atoms with Crippen molar-refractivity contribution in [2.45, 2.75) is 25.3 Å². The molecule has 1 aliphatic heterocycles. The van der Waals surface area contributed by atoms with Gasteiger partial charge in [0.05, 0.1) is 9.90 Å². The number of halogens is 2. The third kappa shape index (κ3) is 3.74. The molecule has 2 heterocycles. The maximum Gasteiger partial charge on any atom is 0.334 e. The molecule has 1 unspecified atom stereocenters. The number of piperidine rings is 1. The highest BCUT2D eigenvalue weighted by atomic mass is 35.5. The molecule has 1 amide bonds. The smallest absolute Gasteiger partial charge is 0.334 e. The van der Waals surface area contributed by atoms with Crippen molar-refractivity contribution in [1.82, 2.24) is 4.90 Å². The van der Waals surface area contributed by atoms with Crippen LogP contribution in [-0.2, 0) is 4.79 Å². The van der Waals surface area contributed by atoms with Crippen LogP contribution in [-0.4, -0.2) is 29.4 Å². The number of ether oxygens (including phenoxy) is 1. The van der Waals surface area contributed by atoms with Gasteiger partial charge in [0.2, 0.25) is 0 Å². The SMILES string of the molecule is O=C(Oc1ccc(Cl)cc1Cl)C1CCCCN1C(=O)c1cccs1. The van der Waals surface area contributed by atoms with Gasteiger partial charge in [0.25, 0.3) is 5.91 Å². The number of amides is 1. The van der Waals surface area contributed by atoms with E-state index in [4.69, 9.17) is 27.9 Å². The number of rotatable bonds is 3. The van der Waals surface area contributed by atoms with E-state index in [0.29, 0.717) is 22.9 Å². The van der Waals surface area contributed by atoms with E-state index in [2.05, 4.69) is 0 Å². The number of benzene rings is 1. The van der Waals surface area contributed by atoms with E-state index in [1.54, 1.807) is 23.1 Å². The Balaban J connectivity index is 1.77. The molecule has 0 spiro atoms. The van der Waals surface area contributed by atoms with Gasteiger partial charge in [-0.25, -0.2) is 4.79 Å². The topological polar surface area (TPSA) is 46.6 Å². The summed E-state index contributed by atoms with van der Waals surface area (Å²) in [6, 6.07) is 7.66. The summed E-state index contributed by atoms with van der Waals surface area (Å²) in [5.41, 5.74) is 0. The first-order valence-electron chi connectivity index (χ1n) is 7.57. The molecule has 0 radical (unpaired) electrons. The molecule has 0 bridgehead atoms. The summed E-state index contributed by atoms with van der Waals surface area (Å²) in [6.45, 7) is 0.546. The summed E-state index contributed by atoms with van der Waals surface area (Å²) < 4.78 is 5.42. The number of thiophene rings is 1. The Labute approximate surface area is 153 Å². The van der Waals surface area contributed by atoms with Gasteiger partial charge in [-0.1, -0.05) is 29.3 Å². The molecule has 1 aliphatic rings. The zero-order valence-electron chi connectivity index (χ0n) is 12.7. The summed E-state index contributed by atoms with van der Waals surface area (Å²) >= 11 is 13.3. The van der Waals surface area contributed by atoms with Crippen molar-refractivity contribution < 1.29 is 14.3 Å². The van der Waals surface area contributed by atoms with Crippen molar-refractivity contribution in [2.24, 2.45) is 0 Å². The fourth-order valence-electron chi connectivity index (χ4n) is 2.70. The van der Waals surface area contributed by atoms with Crippen molar-refractivity contribution in [3.63, 3.8) is 0 Å². The predicted octanol–water partition coefficient (Wildman–Crippen LogP) is 4.66. The highest BCUT2D eigenvalue weighted by Crippen LogP contribution is 2.29. The average Bonchev–Trinajstić information content (AvgIpc) is 3.11. The van der Waals surface area contributed by atoms with E-state index in [1.807, 2.05) is 11.4 Å². The van der Waals surface area contributed by atoms with E-state index in [0.717, 1.165) is 12.8 Å². The number of carbonyl (C=O) groups excluding carboxylic acids is 2. The molecular weight excluding hydrogens is 369 g/mol. The summed E-state index contributed by atoms with van der Waals surface area (Å²) in [5.74, 6) is -0.349. The van der Waals surface area contributed by atoms with Gasteiger partial charge in [0.15, 0.2) is 0 Å². The standard InChI is InChI=1S/C17H15Cl2NO3S/c18-11-6-7-14(12(19)10-11)23-17(22)13-4-1-2-8-20(13)16(21)15-5-3-9-24-15/h3,5-7,9-10,13H,1-2,4,8H2. The molecular formula is C17H15Cl2NO3S. The molecule has 126 valence electrons. The van der Waals surface area contributed by atoms with Crippen LogP contribution < -0.4 is 4.74 Å². The highest BCUT2D eigenvalue weighted by Gasteiger charge is 2.34.